The van der Waals surface area contributed by atoms with Crippen LogP contribution in [-0.2, 0) is 9.47 Å². The van der Waals surface area contributed by atoms with Crippen molar-refractivity contribution in [2.45, 2.75) is 18.1 Å². The van der Waals surface area contributed by atoms with Gasteiger partial charge in [0.2, 0.25) is 0 Å². The first kappa shape index (κ1) is 9.09. The second-order valence-electron chi connectivity index (χ2n) is 4.60. The number of nitrogens with zero attached hydrogens (tertiary/aromatic N) is 1. The van der Waals surface area contributed by atoms with E-state index in [9.17, 15) is 0 Å². The zero-order valence-corrected chi connectivity index (χ0v) is 8.50. The highest BCUT2D eigenvalue weighted by molar-refractivity contribution is 5.02. The fraction of sp³-hybridized carbons (Fsp3) is 1.00. The van der Waals surface area contributed by atoms with Crippen molar-refractivity contribution in [1.29, 1.82) is 0 Å². The van der Waals surface area contributed by atoms with Crippen LogP contribution in [0.25, 0.3) is 0 Å². The second kappa shape index (κ2) is 3.45. The van der Waals surface area contributed by atoms with Crippen LogP contribution in [0.4, 0.5) is 0 Å². The zero-order valence-electron chi connectivity index (χ0n) is 8.50. The van der Waals surface area contributed by atoms with Crippen LogP contribution in [0, 0.1) is 0 Å². The van der Waals surface area contributed by atoms with Crippen molar-refractivity contribution >= 4 is 0 Å². The summed E-state index contributed by atoms with van der Waals surface area (Å²) >= 11 is 0. The second-order valence-corrected chi connectivity index (χ2v) is 4.60. The van der Waals surface area contributed by atoms with Crippen molar-refractivity contribution < 1.29 is 9.47 Å². The van der Waals surface area contributed by atoms with Gasteiger partial charge in [-0.05, 0) is 6.42 Å². The minimum absolute atomic E-state index is 0.197. The highest BCUT2D eigenvalue weighted by Crippen LogP contribution is 2.32. The van der Waals surface area contributed by atoms with Crippen LogP contribution in [0.2, 0.25) is 0 Å². The third-order valence-corrected chi connectivity index (χ3v) is 3.65. The lowest BCUT2D eigenvalue weighted by atomic mass is 9.91. The van der Waals surface area contributed by atoms with Crippen molar-refractivity contribution in [2.75, 3.05) is 46.0 Å². The average Bonchev–Trinajstić information content (AvgIpc) is 2.63. The predicted octanol–water partition coefficient (Wildman–Crippen LogP) is -0.550. The van der Waals surface area contributed by atoms with Gasteiger partial charge in [-0.3, -0.25) is 4.90 Å². The molecular weight excluding hydrogens is 180 g/mol. The number of hydrogen-bond acceptors (Lipinski definition) is 4. The van der Waals surface area contributed by atoms with E-state index in [2.05, 4.69) is 10.2 Å². The van der Waals surface area contributed by atoms with E-state index in [0.29, 0.717) is 6.04 Å². The van der Waals surface area contributed by atoms with Crippen molar-refractivity contribution in [1.82, 2.24) is 10.2 Å². The van der Waals surface area contributed by atoms with E-state index in [0.717, 1.165) is 46.0 Å². The fourth-order valence-electron chi connectivity index (χ4n) is 2.65. The van der Waals surface area contributed by atoms with Gasteiger partial charge in [0.1, 0.15) is 0 Å². The Labute approximate surface area is 84.5 Å². The van der Waals surface area contributed by atoms with Crippen LogP contribution in [0.5, 0.6) is 0 Å². The Morgan fingerprint density at radius 2 is 2.00 bits per heavy atom. The van der Waals surface area contributed by atoms with E-state index in [1.165, 1.54) is 6.42 Å². The number of morpholine rings is 1. The molecule has 0 amide bonds. The molecule has 0 radical (unpaired) electrons. The van der Waals surface area contributed by atoms with Gasteiger partial charge in [0.25, 0.3) is 0 Å². The summed E-state index contributed by atoms with van der Waals surface area (Å²) in [6.45, 7) is 6.96. The van der Waals surface area contributed by atoms with Gasteiger partial charge in [0.15, 0.2) is 0 Å². The maximum absolute atomic E-state index is 5.90. The van der Waals surface area contributed by atoms with E-state index in [-0.39, 0.29) is 5.60 Å². The van der Waals surface area contributed by atoms with Gasteiger partial charge < -0.3 is 14.8 Å². The number of rotatable bonds is 1. The molecule has 0 aliphatic carbocycles. The Balaban J connectivity index is 1.58. The molecule has 0 aromatic heterocycles. The summed E-state index contributed by atoms with van der Waals surface area (Å²) < 4.78 is 11.3. The van der Waals surface area contributed by atoms with Crippen LogP contribution in [0.15, 0.2) is 0 Å². The Morgan fingerprint density at radius 3 is 2.57 bits per heavy atom. The smallest absolute Gasteiger partial charge is 0.0946 e. The molecule has 3 rings (SSSR count). The summed E-state index contributed by atoms with van der Waals surface area (Å²) in [4.78, 5) is 2.52. The van der Waals surface area contributed by atoms with Crippen LogP contribution < -0.4 is 5.32 Å². The Morgan fingerprint density at radius 1 is 1.21 bits per heavy atom. The zero-order chi connectivity index (χ0) is 9.43. The molecule has 3 saturated heterocycles. The van der Waals surface area contributed by atoms with Crippen molar-refractivity contribution in [3.8, 4) is 0 Å². The van der Waals surface area contributed by atoms with Gasteiger partial charge in [-0.25, -0.2) is 0 Å². The van der Waals surface area contributed by atoms with Gasteiger partial charge in [0, 0.05) is 32.2 Å². The van der Waals surface area contributed by atoms with E-state index in [1.54, 1.807) is 0 Å². The van der Waals surface area contributed by atoms with Gasteiger partial charge >= 0.3 is 0 Å². The Bertz CT molecular complexity index is 212. The van der Waals surface area contributed by atoms with Crippen LogP contribution in [0.3, 0.4) is 0 Å². The minimum atomic E-state index is 0.197. The molecule has 3 fully saturated rings. The molecule has 0 saturated carbocycles. The first-order valence-corrected chi connectivity index (χ1v) is 5.55. The Hall–Kier alpha value is -0.160. The quantitative estimate of drug-likeness (QED) is 0.613. The molecule has 1 atom stereocenters. The van der Waals surface area contributed by atoms with E-state index in [4.69, 9.17) is 9.47 Å². The van der Waals surface area contributed by atoms with Crippen LogP contribution in [-0.4, -0.2) is 62.5 Å². The molecule has 4 heteroatoms. The standard InChI is InChI=1S/C10H18N2O2/c1-3-13-4-2-12(1)9-5-10(14-6-9)7-11-8-10/h9,11H,1-8H2/t9-/m1/s1. The topological polar surface area (TPSA) is 33.7 Å². The molecule has 0 aromatic rings. The molecule has 3 aliphatic rings. The highest BCUT2D eigenvalue weighted by atomic mass is 16.5. The average molecular weight is 198 g/mol. The first-order chi connectivity index (χ1) is 6.88. The Kier molecular flexibility index (Phi) is 2.24. The number of nitrogens with one attached hydrogen (secondary N) is 1. The molecule has 0 aromatic carbocycles. The largest absolute Gasteiger partial charge is 0.379 e. The molecule has 0 unspecified atom stereocenters. The predicted molar refractivity (Wildman–Crippen MR) is 52.3 cm³/mol. The monoisotopic (exact) mass is 198 g/mol. The highest BCUT2D eigenvalue weighted by Gasteiger charge is 2.46. The summed E-state index contributed by atoms with van der Waals surface area (Å²) in [5, 5.41) is 3.30. The van der Waals surface area contributed by atoms with Crippen molar-refractivity contribution in [2.24, 2.45) is 0 Å². The molecular formula is C10H18N2O2. The molecule has 1 spiro atoms. The van der Waals surface area contributed by atoms with Gasteiger partial charge in [-0.2, -0.15) is 0 Å². The molecule has 3 aliphatic heterocycles. The van der Waals surface area contributed by atoms with Gasteiger partial charge in [-0.15, -0.1) is 0 Å². The van der Waals surface area contributed by atoms with Crippen LogP contribution >= 0.6 is 0 Å². The van der Waals surface area contributed by atoms with E-state index >= 15 is 0 Å². The summed E-state index contributed by atoms with van der Waals surface area (Å²) in [6.07, 6.45) is 1.21. The molecule has 3 heterocycles. The molecule has 1 N–H and O–H groups in total. The number of hydrogen-bond donors (Lipinski definition) is 1. The maximum atomic E-state index is 5.90. The summed E-state index contributed by atoms with van der Waals surface area (Å²) in [7, 11) is 0. The van der Waals surface area contributed by atoms with Crippen molar-refractivity contribution in [3.63, 3.8) is 0 Å². The summed E-state index contributed by atoms with van der Waals surface area (Å²) in [6, 6.07) is 0.640. The van der Waals surface area contributed by atoms with E-state index < -0.39 is 0 Å². The number of ether oxygens (including phenoxy) is 2. The molecule has 4 nitrogen and oxygen atoms in total. The lowest BCUT2D eigenvalue weighted by molar-refractivity contribution is -0.0375. The molecule has 80 valence electrons. The maximum Gasteiger partial charge on any atom is 0.0946 e. The normalized spacial score (nSPS) is 37.3. The summed E-state index contributed by atoms with van der Waals surface area (Å²) in [5.74, 6) is 0. The van der Waals surface area contributed by atoms with Gasteiger partial charge in [-0.1, -0.05) is 0 Å². The van der Waals surface area contributed by atoms with Crippen molar-refractivity contribution in [3.05, 3.63) is 0 Å². The fourth-order valence-corrected chi connectivity index (χ4v) is 2.65. The first-order valence-electron chi connectivity index (χ1n) is 5.55. The third kappa shape index (κ3) is 1.46. The van der Waals surface area contributed by atoms with E-state index in [1.807, 2.05) is 0 Å². The van der Waals surface area contributed by atoms with Crippen LogP contribution in [0.1, 0.15) is 6.42 Å². The SMILES string of the molecule is C1CN([C@H]2COC3(CNC3)C2)CCO1. The minimum Gasteiger partial charge on any atom is -0.379 e. The molecule has 0 bridgehead atoms. The van der Waals surface area contributed by atoms with Gasteiger partial charge in [0.05, 0.1) is 25.4 Å². The lowest BCUT2D eigenvalue weighted by Crippen LogP contribution is -2.59. The third-order valence-electron chi connectivity index (χ3n) is 3.65. The summed E-state index contributed by atoms with van der Waals surface area (Å²) in [5.41, 5.74) is 0.197. The lowest BCUT2D eigenvalue weighted by Gasteiger charge is -2.39. The molecule has 14 heavy (non-hydrogen) atoms.